The molecule has 0 saturated heterocycles. The molecule has 3 nitrogen and oxygen atoms in total. The third-order valence-electron chi connectivity index (χ3n) is 2.72. The van der Waals surface area contributed by atoms with Crippen molar-refractivity contribution in [3.05, 3.63) is 53.2 Å². The van der Waals surface area contributed by atoms with Crippen molar-refractivity contribution in [2.24, 2.45) is 0 Å². The predicted octanol–water partition coefficient (Wildman–Crippen LogP) is 2.89. The van der Waals surface area contributed by atoms with Crippen LogP contribution in [0.4, 0.5) is 11.5 Å². The molecule has 0 aliphatic rings. The average molecular weight is 227 g/mol. The summed E-state index contributed by atoms with van der Waals surface area (Å²) in [5.74, 6) is 0.859. The van der Waals surface area contributed by atoms with E-state index >= 15 is 0 Å². The lowest BCUT2D eigenvalue weighted by Crippen LogP contribution is -2.03. The fourth-order valence-corrected chi connectivity index (χ4v) is 1.57. The van der Waals surface area contributed by atoms with E-state index < -0.39 is 0 Å². The number of hydrogen-bond donors (Lipinski definition) is 2. The Hall–Kier alpha value is -2.03. The Bertz CT molecular complexity index is 503. The minimum absolute atomic E-state index is 0.728. The standard InChI is InChI=1S/C14H17N3/c1-10-3-5-12(6-4-10)9-16-14-8-7-13(15)11(2)17-14/h3-8H,9,15H2,1-2H3,(H,16,17). The van der Waals surface area contributed by atoms with Crippen molar-refractivity contribution in [1.29, 1.82) is 0 Å². The molecule has 1 aromatic heterocycles. The van der Waals surface area contributed by atoms with E-state index in [0.717, 1.165) is 23.7 Å². The molecule has 0 atom stereocenters. The summed E-state index contributed by atoms with van der Waals surface area (Å²) < 4.78 is 0. The maximum atomic E-state index is 5.72. The summed E-state index contributed by atoms with van der Waals surface area (Å²) in [6, 6.07) is 12.2. The van der Waals surface area contributed by atoms with Crippen LogP contribution in [0.2, 0.25) is 0 Å². The van der Waals surface area contributed by atoms with E-state index in [2.05, 4.69) is 41.5 Å². The Morgan fingerprint density at radius 2 is 1.76 bits per heavy atom. The van der Waals surface area contributed by atoms with Crippen molar-refractivity contribution in [3.8, 4) is 0 Å². The lowest BCUT2D eigenvalue weighted by molar-refractivity contribution is 1.09. The molecule has 2 rings (SSSR count). The number of nitrogens with one attached hydrogen (secondary N) is 1. The van der Waals surface area contributed by atoms with Crippen LogP contribution in [0.1, 0.15) is 16.8 Å². The smallest absolute Gasteiger partial charge is 0.126 e. The van der Waals surface area contributed by atoms with Crippen LogP contribution in [0.5, 0.6) is 0 Å². The number of anilines is 2. The van der Waals surface area contributed by atoms with Crippen molar-refractivity contribution in [3.63, 3.8) is 0 Å². The summed E-state index contributed by atoms with van der Waals surface area (Å²) in [6.45, 7) is 4.77. The third-order valence-corrected chi connectivity index (χ3v) is 2.72. The van der Waals surface area contributed by atoms with Gasteiger partial charge in [0.1, 0.15) is 5.82 Å². The Labute approximate surface area is 102 Å². The first kappa shape index (κ1) is 11.5. The molecular weight excluding hydrogens is 210 g/mol. The summed E-state index contributed by atoms with van der Waals surface area (Å²) in [4.78, 5) is 4.37. The van der Waals surface area contributed by atoms with Crippen LogP contribution in [0.3, 0.4) is 0 Å². The minimum Gasteiger partial charge on any atom is -0.397 e. The van der Waals surface area contributed by atoms with Gasteiger partial charge in [-0.1, -0.05) is 29.8 Å². The van der Waals surface area contributed by atoms with Crippen LogP contribution < -0.4 is 11.1 Å². The number of nitrogens with two attached hydrogens (primary N) is 1. The Morgan fingerprint density at radius 1 is 1.06 bits per heavy atom. The Kier molecular flexibility index (Phi) is 3.28. The fraction of sp³-hybridized carbons (Fsp3) is 0.214. The highest BCUT2D eigenvalue weighted by molar-refractivity contribution is 5.49. The topological polar surface area (TPSA) is 50.9 Å². The predicted molar refractivity (Wildman–Crippen MR) is 71.9 cm³/mol. The Balaban J connectivity index is 2.02. The first-order chi connectivity index (χ1) is 8.15. The van der Waals surface area contributed by atoms with E-state index in [0.29, 0.717) is 0 Å². The number of rotatable bonds is 3. The van der Waals surface area contributed by atoms with Crippen molar-refractivity contribution in [1.82, 2.24) is 4.98 Å². The van der Waals surface area contributed by atoms with Gasteiger partial charge in [0, 0.05) is 6.54 Å². The van der Waals surface area contributed by atoms with Gasteiger partial charge in [-0.25, -0.2) is 4.98 Å². The first-order valence-electron chi connectivity index (χ1n) is 5.68. The van der Waals surface area contributed by atoms with Crippen molar-refractivity contribution < 1.29 is 0 Å². The molecule has 0 unspecified atom stereocenters. The summed E-state index contributed by atoms with van der Waals surface area (Å²) in [5, 5.41) is 3.28. The molecular formula is C14H17N3. The fourth-order valence-electron chi connectivity index (χ4n) is 1.57. The highest BCUT2D eigenvalue weighted by Crippen LogP contribution is 2.13. The largest absolute Gasteiger partial charge is 0.397 e. The Morgan fingerprint density at radius 3 is 2.41 bits per heavy atom. The molecule has 0 spiro atoms. The van der Waals surface area contributed by atoms with Gasteiger partial charge in [-0.15, -0.1) is 0 Å². The molecule has 0 amide bonds. The van der Waals surface area contributed by atoms with Gasteiger partial charge in [-0.05, 0) is 31.5 Å². The molecule has 3 N–H and O–H groups in total. The lowest BCUT2D eigenvalue weighted by Gasteiger charge is -2.07. The SMILES string of the molecule is Cc1ccc(CNc2ccc(N)c(C)n2)cc1. The second kappa shape index (κ2) is 4.87. The molecule has 0 aliphatic carbocycles. The van der Waals surface area contributed by atoms with E-state index in [9.17, 15) is 0 Å². The highest BCUT2D eigenvalue weighted by Gasteiger charge is 1.98. The number of hydrogen-bond acceptors (Lipinski definition) is 3. The average Bonchev–Trinajstić information content (AvgIpc) is 2.33. The second-order valence-corrected chi connectivity index (χ2v) is 4.21. The monoisotopic (exact) mass is 227 g/mol. The molecule has 1 aromatic carbocycles. The van der Waals surface area contributed by atoms with Gasteiger partial charge in [0.15, 0.2) is 0 Å². The van der Waals surface area contributed by atoms with Crippen molar-refractivity contribution >= 4 is 11.5 Å². The van der Waals surface area contributed by atoms with Crippen molar-refractivity contribution in [2.45, 2.75) is 20.4 Å². The number of nitrogen functional groups attached to an aromatic ring is 1. The number of aryl methyl sites for hydroxylation is 2. The number of pyridine rings is 1. The molecule has 0 bridgehead atoms. The van der Waals surface area contributed by atoms with Crippen LogP contribution in [-0.2, 0) is 6.54 Å². The molecule has 2 aromatic rings. The summed E-state index contributed by atoms with van der Waals surface area (Å²) in [7, 11) is 0. The van der Waals surface area contributed by atoms with Crippen LogP contribution in [0.25, 0.3) is 0 Å². The molecule has 1 heterocycles. The third kappa shape index (κ3) is 2.97. The maximum absolute atomic E-state index is 5.72. The molecule has 3 heteroatoms. The normalized spacial score (nSPS) is 10.2. The van der Waals surface area contributed by atoms with Gasteiger partial charge >= 0.3 is 0 Å². The molecule has 88 valence electrons. The van der Waals surface area contributed by atoms with E-state index in [1.54, 1.807) is 0 Å². The van der Waals surface area contributed by atoms with Gasteiger partial charge in [0.25, 0.3) is 0 Å². The van der Waals surface area contributed by atoms with Crippen LogP contribution in [0.15, 0.2) is 36.4 Å². The van der Waals surface area contributed by atoms with E-state index in [1.807, 2.05) is 19.1 Å². The minimum atomic E-state index is 0.728. The van der Waals surface area contributed by atoms with E-state index in [-0.39, 0.29) is 0 Å². The summed E-state index contributed by atoms with van der Waals surface area (Å²) in [6.07, 6.45) is 0. The first-order valence-corrected chi connectivity index (χ1v) is 5.68. The van der Waals surface area contributed by atoms with Gasteiger partial charge in [-0.2, -0.15) is 0 Å². The van der Waals surface area contributed by atoms with Gasteiger partial charge in [-0.3, -0.25) is 0 Å². The van der Waals surface area contributed by atoms with E-state index in [4.69, 9.17) is 5.73 Å². The zero-order chi connectivity index (χ0) is 12.3. The number of nitrogens with zero attached hydrogens (tertiary/aromatic N) is 1. The lowest BCUT2D eigenvalue weighted by atomic mass is 10.1. The molecule has 0 fully saturated rings. The van der Waals surface area contributed by atoms with Gasteiger partial charge < -0.3 is 11.1 Å². The highest BCUT2D eigenvalue weighted by atomic mass is 15.0. The van der Waals surface area contributed by atoms with Gasteiger partial charge in [0.05, 0.1) is 11.4 Å². The number of benzene rings is 1. The van der Waals surface area contributed by atoms with Crippen LogP contribution >= 0.6 is 0 Å². The number of aromatic nitrogens is 1. The summed E-state index contributed by atoms with van der Waals surface area (Å²) in [5.41, 5.74) is 9.83. The quantitative estimate of drug-likeness (QED) is 0.847. The zero-order valence-corrected chi connectivity index (χ0v) is 10.2. The maximum Gasteiger partial charge on any atom is 0.126 e. The van der Waals surface area contributed by atoms with Crippen molar-refractivity contribution in [2.75, 3.05) is 11.1 Å². The zero-order valence-electron chi connectivity index (χ0n) is 10.2. The van der Waals surface area contributed by atoms with E-state index in [1.165, 1.54) is 11.1 Å². The van der Waals surface area contributed by atoms with Crippen LogP contribution in [-0.4, -0.2) is 4.98 Å². The molecule has 0 aliphatic heterocycles. The summed E-state index contributed by atoms with van der Waals surface area (Å²) >= 11 is 0. The van der Waals surface area contributed by atoms with Crippen LogP contribution in [0, 0.1) is 13.8 Å². The molecule has 17 heavy (non-hydrogen) atoms. The molecule has 0 saturated carbocycles. The second-order valence-electron chi connectivity index (χ2n) is 4.21. The van der Waals surface area contributed by atoms with Gasteiger partial charge in [0.2, 0.25) is 0 Å². The molecule has 0 radical (unpaired) electrons.